The molecule has 19 heavy (non-hydrogen) atoms. The Morgan fingerprint density at radius 2 is 1.79 bits per heavy atom. The molecule has 1 aliphatic carbocycles. The van der Waals surface area contributed by atoms with Gasteiger partial charge in [-0.25, -0.2) is 0 Å². The van der Waals surface area contributed by atoms with Crippen molar-refractivity contribution in [2.75, 3.05) is 13.1 Å². The molecule has 2 aliphatic rings. The van der Waals surface area contributed by atoms with Crippen molar-refractivity contribution in [1.82, 2.24) is 4.90 Å². The topological polar surface area (TPSA) is 46.3 Å². The third-order valence-corrected chi connectivity index (χ3v) is 5.16. The lowest BCUT2D eigenvalue weighted by molar-refractivity contribution is -0.137. The van der Waals surface area contributed by atoms with Crippen molar-refractivity contribution in [3.05, 3.63) is 0 Å². The van der Waals surface area contributed by atoms with E-state index in [1.807, 2.05) is 0 Å². The SMILES string of the molecule is CC(C)C1CCCN(C(=O)C2CCCCC2N)CC1. The third kappa shape index (κ3) is 3.71. The minimum atomic E-state index is 0.101. The second-order valence-electron chi connectivity index (χ2n) is 6.82. The number of nitrogens with zero attached hydrogens (tertiary/aromatic N) is 1. The van der Waals surface area contributed by atoms with Crippen LogP contribution in [-0.2, 0) is 4.79 Å². The van der Waals surface area contributed by atoms with Crippen LogP contribution >= 0.6 is 0 Å². The van der Waals surface area contributed by atoms with Crippen molar-refractivity contribution in [1.29, 1.82) is 0 Å². The number of hydrogen-bond donors (Lipinski definition) is 1. The van der Waals surface area contributed by atoms with Crippen LogP contribution in [0.1, 0.15) is 58.8 Å². The lowest BCUT2D eigenvalue weighted by Gasteiger charge is -2.32. The van der Waals surface area contributed by atoms with E-state index in [2.05, 4.69) is 18.7 Å². The first-order valence-corrected chi connectivity index (χ1v) is 8.14. The molecule has 2 N–H and O–H groups in total. The highest BCUT2D eigenvalue weighted by atomic mass is 16.2. The van der Waals surface area contributed by atoms with Gasteiger partial charge in [0, 0.05) is 19.1 Å². The molecule has 1 aliphatic heterocycles. The molecule has 1 saturated heterocycles. The molecule has 0 aromatic carbocycles. The van der Waals surface area contributed by atoms with Gasteiger partial charge >= 0.3 is 0 Å². The summed E-state index contributed by atoms with van der Waals surface area (Å²) in [6, 6.07) is 0.102. The molecule has 110 valence electrons. The molecule has 1 heterocycles. The molecular formula is C16H30N2O. The van der Waals surface area contributed by atoms with Gasteiger partial charge in [-0.1, -0.05) is 26.7 Å². The maximum atomic E-state index is 12.6. The van der Waals surface area contributed by atoms with Crippen molar-refractivity contribution >= 4 is 5.91 Å². The molecule has 0 radical (unpaired) electrons. The van der Waals surface area contributed by atoms with Gasteiger partial charge in [0.2, 0.25) is 5.91 Å². The van der Waals surface area contributed by atoms with E-state index in [9.17, 15) is 4.79 Å². The van der Waals surface area contributed by atoms with Crippen LogP contribution in [0.5, 0.6) is 0 Å². The summed E-state index contributed by atoms with van der Waals surface area (Å²) in [5.41, 5.74) is 6.15. The maximum absolute atomic E-state index is 12.6. The lowest BCUT2D eigenvalue weighted by atomic mass is 9.84. The molecular weight excluding hydrogens is 236 g/mol. The molecule has 0 aromatic rings. The molecule has 1 amide bonds. The first-order chi connectivity index (χ1) is 9.09. The van der Waals surface area contributed by atoms with Crippen molar-refractivity contribution in [2.45, 2.75) is 64.8 Å². The van der Waals surface area contributed by atoms with Gasteiger partial charge in [0.05, 0.1) is 5.92 Å². The molecule has 3 heteroatoms. The first kappa shape index (κ1) is 14.8. The average molecular weight is 266 g/mol. The Morgan fingerprint density at radius 3 is 2.47 bits per heavy atom. The number of likely N-dealkylation sites (tertiary alicyclic amines) is 1. The monoisotopic (exact) mass is 266 g/mol. The number of nitrogens with two attached hydrogens (primary N) is 1. The van der Waals surface area contributed by atoms with Gasteiger partial charge < -0.3 is 10.6 Å². The fourth-order valence-corrected chi connectivity index (χ4v) is 3.71. The van der Waals surface area contributed by atoms with Crippen molar-refractivity contribution in [2.24, 2.45) is 23.5 Å². The summed E-state index contributed by atoms with van der Waals surface area (Å²) in [5, 5.41) is 0. The molecule has 3 atom stereocenters. The van der Waals surface area contributed by atoms with Crippen LogP contribution in [0.2, 0.25) is 0 Å². The van der Waals surface area contributed by atoms with Crippen LogP contribution in [0.4, 0.5) is 0 Å². The van der Waals surface area contributed by atoms with Gasteiger partial charge in [0.25, 0.3) is 0 Å². The molecule has 3 nitrogen and oxygen atoms in total. The summed E-state index contributed by atoms with van der Waals surface area (Å²) in [6.07, 6.45) is 8.01. The largest absolute Gasteiger partial charge is 0.342 e. The standard InChI is InChI=1S/C16H30N2O/c1-12(2)13-6-5-10-18(11-9-13)16(19)14-7-3-4-8-15(14)17/h12-15H,3-11,17H2,1-2H3. The van der Waals surface area contributed by atoms with Crippen LogP contribution in [0.3, 0.4) is 0 Å². The normalized spacial score (nSPS) is 33.3. The Hall–Kier alpha value is -0.570. The van der Waals surface area contributed by atoms with Gasteiger partial charge in [0.15, 0.2) is 0 Å². The lowest BCUT2D eigenvalue weighted by Crippen LogP contribution is -2.46. The van der Waals surface area contributed by atoms with Gasteiger partial charge in [-0.3, -0.25) is 4.79 Å². The summed E-state index contributed by atoms with van der Waals surface area (Å²) in [7, 11) is 0. The van der Waals surface area contributed by atoms with E-state index in [1.54, 1.807) is 0 Å². The third-order valence-electron chi connectivity index (χ3n) is 5.16. The summed E-state index contributed by atoms with van der Waals surface area (Å²) in [5.74, 6) is 1.98. The van der Waals surface area contributed by atoms with Crippen LogP contribution in [0.15, 0.2) is 0 Å². The van der Waals surface area contributed by atoms with E-state index in [-0.39, 0.29) is 12.0 Å². The second kappa shape index (κ2) is 6.74. The highest BCUT2D eigenvalue weighted by Crippen LogP contribution is 2.28. The zero-order valence-corrected chi connectivity index (χ0v) is 12.6. The van der Waals surface area contributed by atoms with Crippen LogP contribution in [0.25, 0.3) is 0 Å². The molecule has 3 unspecified atom stereocenters. The molecule has 0 bridgehead atoms. The summed E-state index contributed by atoms with van der Waals surface area (Å²) < 4.78 is 0. The van der Waals surface area contributed by atoms with Crippen LogP contribution in [0, 0.1) is 17.8 Å². The number of amides is 1. The second-order valence-corrected chi connectivity index (χ2v) is 6.82. The molecule has 0 aromatic heterocycles. The van der Waals surface area contributed by atoms with E-state index >= 15 is 0 Å². The first-order valence-electron chi connectivity index (χ1n) is 8.14. The van der Waals surface area contributed by atoms with Gasteiger partial charge in [-0.05, 0) is 43.9 Å². The van der Waals surface area contributed by atoms with Crippen LogP contribution < -0.4 is 5.73 Å². The fourth-order valence-electron chi connectivity index (χ4n) is 3.71. The molecule has 0 spiro atoms. The van der Waals surface area contributed by atoms with Gasteiger partial charge in [-0.15, -0.1) is 0 Å². The Kier molecular flexibility index (Phi) is 5.26. The van der Waals surface area contributed by atoms with Crippen LogP contribution in [-0.4, -0.2) is 29.9 Å². The maximum Gasteiger partial charge on any atom is 0.227 e. The number of carbonyl (C=O) groups excluding carboxylic acids is 1. The van der Waals surface area contributed by atoms with Crippen molar-refractivity contribution in [3.8, 4) is 0 Å². The predicted molar refractivity (Wildman–Crippen MR) is 78.7 cm³/mol. The zero-order chi connectivity index (χ0) is 13.8. The minimum absolute atomic E-state index is 0.101. The summed E-state index contributed by atoms with van der Waals surface area (Å²) in [6.45, 7) is 6.51. The predicted octanol–water partition coefficient (Wildman–Crippen LogP) is 2.79. The van der Waals surface area contributed by atoms with Gasteiger partial charge in [0.1, 0.15) is 0 Å². The van der Waals surface area contributed by atoms with E-state index in [0.29, 0.717) is 5.91 Å². The Labute approximate surface area is 117 Å². The van der Waals surface area contributed by atoms with Crippen molar-refractivity contribution in [3.63, 3.8) is 0 Å². The number of hydrogen-bond acceptors (Lipinski definition) is 2. The smallest absolute Gasteiger partial charge is 0.227 e. The molecule has 2 fully saturated rings. The zero-order valence-electron chi connectivity index (χ0n) is 12.6. The Morgan fingerprint density at radius 1 is 1.05 bits per heavy atom. The number of carbonyl (C=O) groups is 1. The Balaban J connectivity index is 1.92. The van der Waals surface area contributed by atoms with E-state index in [0.717, 1.165) is 44.2 Å². The van der Waals surface area contributed by atoms with E-state index < -0.39 is 0 Å². The molecule has 1 saturated carbocycles. The quantitative estimate of drug-likeness (QED) is 0.835. The fraction of sp³-hybridized carbons (Fsp3) is 0.938. The van der Waals surface area contributed by atoms with Gasteiger partial charge in [-0.2, -0.15) is 0 Å². The van der Waals surface area contributed by atoms with E-state index in [4.69, 9.17) is 5.73 Å². The minimum Gasteiger partial charge on any atom is -0.342 e. The van der Waals surface area contributed by atoms with Crippen molar-refractivity contribution < 1.29 is 4.79 Å². The highest BCUT2D eigenvalue weighted by molar-refractivity contribution is 5.79. The number of rotatable bonds is 2. The average Bonchev–Trinajstić information content (AvgIpc) is 2.64. The Bertz CT molecular complexity index is 303. The summed E-state index contributed by atoms with van der Waals surface area (Å²) in [4.78, 5) is 14.7. The summed E-state index contributed by atoms with van der Waals surface area (Å²) >= 11 is 0. The van der Waals surface area contributed by atoms with E-state index in [1.165, 1.54) is 25.7 Å². The highest BCUT2D eigenvalue weighted by Gasteiger charge is 2.32. The molecule has 2 rings (SSSR count).